The summed E-state index contributed by atoms with van der Waals surface area (Å²) in [6.45, 7) is 2.55. The SMILES string of the molecule is COCCOCCn1cc(CCO)nn1. The molecule has 0 atom stereocenters. The van der Waals surface area contributed by atoms with E-state index < -0.39 is 0 Å². The maximum Gasteiger partial charge on any atom is 0.0849 e. The highest BCUT2D eigenvalue weighted by Crippen LogP contribution is 1.93. The molecule has 0 amide bonds. The smallest absolute Gasteiger partial charge is 0.0849 e. The van der Waals surface area contributed by atoms with Gasteiger partial charge in [0.1, 0.15) is 0 Å². The zero-order valence-electron chi connectivity index (χ0n) is 8.93. The molecule has 0 saturated heterocycles. The van der Waals surface area contributed by atoms with E-state index >= 15 is 0 Å². The van der Waals surface area contributed by atoms with Crippen molar-refractivity contribution in [3.05, 3.63) is 11.9 Å². The maximum absolute atomic E-state index is 8.69. The minimum Gasteiger partial charge on any atom is -0.396 e. The summed E-state index contributed by atoms with van der Waals surface area (Å²) in [5.74, 6) is 0. The minimum absolute atomic E-state index is 0.100. The van der Waals surface area contributed by atoms with Crippen LogP contribution in [0.3, 0.4) is 0 Å². The van der Waals surface area contributed by atoms with Gasteiger partial charge in [-0.2, -0.15) is 0 Å². The molecule has 0 unspecified atom stereocenters. The van der Waals surface area contributed by atoms with Crippen molar-refractivity contribution in [2.45, 2.75) is 13.0 Å². The van der Waals surface area contributed by atoms with Crippen LogP contribution in [-0.2, 0) is 22.4 Å². The molecule has 0 spiro atoms. The molecule has 6 heteroatoms. The fourth-order valence-corrected chi connectivity index (χ4v) is 1.08. The predicted molar refractivity (Wildman–Crippen MR) is 53.5 cm³/mol. The molecule has 0 aliphatic rings. The maximum atomic E-state index is 8.69. The number of rotatable bonds is 8. The second-order valence-corrected chi connectivity index (χ2v) is 3.05. The molecule has 0 fully saturated rings. The van der Waals surface area contributed by atoms with Crippen molar-refractivity contribution in [3.8, 4) is 0 Å². The average Bonchev–Trinajstić information content (AvgIpc) is 2.66. The van der Waals surface area contributed by atoms with Crippen LogP contribution in [0.4, 0.5) is 0 Å². The van der Waals surface area contributed by atoms with Crippen LogP contribution in [-0.4, -0.2) is 53.6 Å². The van der Waals surface area contributed by atoms with Crippen molar-refractivity contribution in [3.63, 3.8) is 0 Å². The Bertz CT molecular complexity index is 265. The molecule has 0 bridgehead atoms. The molecule has 1 heterocycles. The van der Waals surface area contributed by atoms with Crippen molar-refractivity contribution in [1.29, 1.82) is 0 Å². The van der Waals surface area contributed by atoms with Gasteiger partial charge in [-0.1, -0.05) is 5.21 Å². The first-order chi connectivity index (χ1) is 7.36. The van der Waals surface area contributed by atoms with E-state index in [4.69, 9.17) is 14.6 Å². The van der Waals surface area contributed by atoms with Crippen LogP contribution in [0.5, 0.6) is 0 Å². The molecule has 86 valence electrons. The van der Waals surface area contributed by atoms with Crippen LogP contribution >= 0.6 is 0 Å². The zero-order valence-corrected chi connectivity index (χ0v) is 8.93. The van der Waals surface area contributed by atoms with Crippen molar-refractivity contribution in [1.82, 2.24) is 15.0 Å². The fourth-order valence-electron chi connectivity index (χ4n) is 1.08. The van der Waals surface area contributed by atoms with Crippen LogP contribution in [0, 0.1) is 0 Å². The van der Waals surface area contributed by atoms with E-state index in [1.54, 1.807) is 11.8 Å². The monoisotopic (exact) mass is 215 g/mol. The molecule has 0 aliphatic heterocycles. The topological polar surface area (TPSA) is 69.4 Å². The molecule has 1 N–H and O–H groups in total. The summed E-state index contributed by atoms with van der Waals surface area (Å²) in [6, 6.07) is 0. The van der Waals surface area contributed by atoms with Crippen LogP contribution in [0.2, 0.25) is 0 Å². The summed E-state index contributed by atoms with van der Waals surface area (Å²) < 4.78 is 11.8. The zero-order chi connectivity index (χ0) is 10.9. The second kappa shape index (κ2) is 7.33. The van der Waals surface area contributed by atoms with Gasteiger partial charge < -0.3 is 14.6 Å². The minimum atomic E-state index is 0.100. The molecule has 1 aromatic heterocycles. The molecule has 1 rings (SSSR count). The Hall–Kier alpha value is -0.980. The Kier molecular flexibility index (Phi) is 5.91. The molecule has 15 heavy (non-hydrogen) atoms. The second-order valence-electron chi connectivity index (χ2n) is 3.05. The van der Waals surface area contributed by atoms with Gasteiger partial charge in [0.15, 0.2) is 0 Å². The Morgan fingerprint density at radius 3 is 3.00 bits per heavy atom. The van der Waals surface area contributed by atoms with Crippen molar-refractivity contribution < 1.29 is 14.6 Å². The molecular formula is C9H17N3O3. The van der Waals surface area contributed by atoms with Gasteiger partial charge in [0.05, 0.1) is 32.1 Å². The lowest BCUT2D eigenvalue weighted by atomic mass is 10.3. The summed E-state index contributed by atoms with van der Waals surface area (Å²) >= 11 is 0. The number of aliphatic hydroxyl groups is 1. The summed E-state index contributed by atoms with van der Waals surface area (Å²) in [5, 5.41) is 16.5. The molecular weight excluding hydrogens is 198 g/mol. The Morgan fingerprint density at radius 2 is 2.27 bits per heavy atom. The highest BCUT2D eigenvalue weighted by Gasteiger charge is 1.99. The van der Waals surface area contributed by atoms with Crippen molar-refractivity contribution in [2.24, 2.45) is 0 Å². The average molecular weight is 215 g/mol. The van der Waals surface area contributed by atoms with Crippen LogP contribution in [0.15, 0.2) is 6.20 Å². The number of aromatic nitrogens is 3. The number of nitrogens with zero attached hydrogens (tertiary/aromatic N) is 3. The van der Waals surface area contributed by atoms with E-state index in [1.807, 2.05) is 6.20 Å². The van der Waals surface area contributed by atoms with Gasteiger partial charge in [0.25, 0.3) is 0 Å². The standard InChI is InChI=1S/C9H17N3O3/c1-14-6-7-15-5-3-12-8-9(2-4-13)10-11-12/h8,13H,2-7H2,1H3. The first-order valence-corrected chi connectivity index (χ1v) is 4.93. The predicted octanol–water partition coefficient (Wildman–Crippen LogP) is -0.524. The lowest BCUT2D eigenvalue weighted by Gasteiger charge is -2.02. The van der Waals surface area contributed by atoms with E-state index in [2.05, 4.69) is 10.3 Å². The molecule has 0 aliphatic carbocycles. The Morgan fingerprint density at radius 1 is 1.40 bits per heavy atom. The number of hydrogen-bond acceptors (Lipinski definition) is 5. The van der Waals surface area contributed by atoms with Gasteiger partial charge in [-0.25, -0.2) is 4.68 Å². The third-order valence-electron chi connectivity index (χ3n) is 1.85. The third kappa shape index (κ3) is 4.87. The van der Waals surface area contributed by atoms with Crippen LogP contribution in [0.25, 0.3) is 0 Å². The van der Waals surface area contributed by atoms with Gasteiger partial charge in [-0.05, 0) is 0 Å². The largest absolute Gasteiger partial charge is 0.396 e. The van der Waals surface area contributed by atoms with Crippen molar-refractivity contribution in [2.75, 3.05) is 33.5 Å². The fraction of sp³-hybridized carbons (Fsp3) is 0.778. The van der Waals surface area contributed by atoms with Gasteiger partial charge >= 0.3 is 0 Å². The number of methoxy groups -OCH3 is 1. The first-order valence-electron chi connectivity index (χ1n) is 4.93. The van der Waals surface area contributed by atoms with Gasteiger partial charge in [0, 0.05) is 26.3 Å². The van der Waals surface area contributed by atoms with E-state index in [0.29, 0.717) is 32.8 Å². The van der Waals surface area contributed by atoms with Gasteiger partial charge in [-0.3, -0.25) is 0 Å². The number of ether oxygens (including phenoxy) is 2. The number of hydrogen-bond donors (Lipinski definition) is 1. The summed E-state index contributed by atoms with van der Waals surface area (Å²) in [6.07, 6.45) is 2.36. The lowest BCUT2D eigenvalue weighted by Crippen LogP contribution is -2.09. The highest BCUT2D eigenvalue weighted by atomic mass is 16.5. The molecule has 1 aromatic rings. The van der Waals surface area contributed by atoms with Crippen molar-refractivity contribution >= 4 is 0 Å². The quantitative estimate of drug-likeness (QED) is 0.591. The first kappa shape index (κ1) is 12.1. The van der Waals surface area contributed by atoms with E-state index in [0.717, 1.165) is 5.69 Å². The normalized spacial score (nSPS) is 10.8. The summed E-state index contributed by atoms with van der Waals surface area (Å²) in [5.41, 5.74) is 0.800. The van der Waals surface area contributed by atoms with Crippen LogP contribution in [0.1, 0.15) is 5.69 Å². The lowest BCUT2D eigenvalue weighted by molar-refractivity contribution is 0.0652. The van der Waals surface area contributed by atoms with E-state index in [-0.39, 0.29) is 6.61 Å². The summed E-state index contributed by atoms with van der Waals surface area (Å²) in [4.78, 5) is 0. The van der Waals surface area contributed by atoms with Gasteiger partial charge in [-0.15, -0.1) is 5.10 Å². The van der Waals surface area contributed by atoms with E-state index in [9.17, 15) is 0 Å². The Balaban J connectivity index is 2.14. The Labute approximate surface area is 88.8 Å². The molecule has 0 aromatic carbocycles. The van der Waals surface area contributed by atoms with Gasteiger partial charge in [0.2, 0.25) is 0 Å². The molecule has 0 saturated carbocycles. The molecule has 0 radical (unpaired) electrons. The number of aliphatic hydroxyl groups excluding tert-OH is 1. The van der Waals surface area contributed by atoms with E-state index in [1.165, 1.54) is 0 Å². The highest BCUT2D eigenvalue weighted by molar-refractivity contribution is 4.91. The van der Waals surface area contributed by atoms with Crippen LogP contribution < -0.4 is 0 Å². The summed E-state index contributed by atoms with van der Waals surface area (Å²) in [7, 11) is 1.64. The third-order valence-corrected chi connectivity index (χ3v) is 1.85. The molecule has 6 nitrogen and oxygen atoms in total.